The molecule has 1 aromatic rings. The van der Waals surface area contributed by atoms with E-state index in [1.807, 2.05) is 32.2 Å². The first-order chi connectivity index (χ1) is 12.8. The number of benzene rings is 1. The number of likely N-dealkylation sites (N-methyl/N-ethyl adjacent to an activating group) is 1. The lowest BCUT2D eigenvalue weighted by molar-refractivity contribution is -0.885. The Bertz CT molecular complexity index is 649. The molecule has 150 valence electrons. The molecule has 0 aliphatic heterocycles. The van der Waals surface area contributed by atoms with Gasteiger partial charge in [0, 0.05) is 17.8 Å². The van der Waals surface area contributed by atoms with Crippen LogP contribution in [0.25, 0.3) is 0 Å². The van der Waals surface area contributed by atoms with E-state index in [-0.39, 0.29) is 30.4 Å². The molecule has 1 saturated carbocycles. The Morgan fingerprint density at radius 3 is 2.74 bits per heavy atom. The van der Waals surface area contributed by atoms with E-state index < -0.39 is 0 Å². The van der Waals surface area contributed by atoms with Crippen molar-refractivity contribution in [2.24, 2.45) is 11.8 Å². The van der Waals surface area contributed by atoms with Crippen LogP contribution in [0.5, 0.6) is 5.75 Å². The van der Waals surface area contributed by atoms with E-state index in [4.69, 9.17) is 4.74 Å². The Hall–Kier alpha value is -2.08. The van der Waals surface area contributed by atoms with Crippen LogP contribution in [0.15, 0.2) is 24.3 Å². The number of amides is 2. The number of carbonyl (C=O) groups is 2. The third-order valence-electron chi connectivity index (χ3n) is 5.96. The molecule has 0 radical (unpaired) electrons. The molecule has 0 spiro atoms. The molecule has 6 nitrogen and oxygen atoms in total. The van der Waals surface area contributed by atoms with Gasteiger partial charge in [-0.1, -0.05) is 32.8 Å². The molecular formula is C21H34N3O3+. The number of hydrogen-bond acceptors (Lipinski definition) is 3. The predicted octanol–water partition coefficient (Wildman–Crippen LogP) is 1.48. The number of hydrogen-bond donors (Lipinski definition) is 3. The van der Waals surface area contributed by atoms with Crippen molar-refractivity contribution in [3.8, 4) is 5.75 Å². The highest BCUT2D eigenvalue weighted by Crippen LogP contribution is 2.29. The summed E-state index contributed by atoms with van der Waals surface area (Å²) in [5.74, 6) is 1.72. The molecule has 1 fully saturated rings. The maximum Gasteiger partial charge on any atom is 0.279 e. The summed E-state index contributed by atoms with van der Waals surface area (Å²) in [6, 6.07) is 7.19. The topological polar surface area (TPSA) is 71.9 Å². The average Bonchev–Trinajstić information content (AvgIpc) is 2.64. The molecule has 0 heterocycles. The first kappa shape index (κ1) is 21.2. The number of rotatable bonds is 7. The number of carbonyl (C=O) groups excluding carboxylic acids is 2. The zero-order valence-electron chi connectivity index (χ0n) is 17.2. The fraction of sp³-hybridized carbons (Fsp3) is 0.619. The van der Waals surface area contributed by atoms with Crippen molar-refractivity contribution in [2.45, 2.75) is 52.1 Å². The molecule has 0 bridgehead atoms. The first-order valence-electron chi connectivity index (χ1n) is 9.88. The molecule has 0 saturated heterocycles. The van der Waals surface area contributed by atoms with Gasteiger partial charge in [0.1, 0.15) is 5.75 Å². The van der Waals surface area contributed by atoms with Crippen molar-refractivity contribution in [3.05, 3.63) is 24.3 Å². The number of methoxy groups -OCH3 is 1. The van der Waals surface area contributed by atoms with Gasteiger partial charge in [0.15, 0.2) is 12.6 Å². The normalized spacial score (nSPS) is 24.6. The molecule has 1 aromatic carbocycles. The fourth-order valence-electron chi connectivity index (χ4n) is 3.63. The molecule has 0 aromatic heterocycles. The maximum atomic E-state index is 12.6. The van der Waals surface area contributed by atoms with Gasteiger partial charge >= 0.3 is 0 Å². The van der Waals surface area contributed by atoms with Crippen molar-refractivity contribution in [1.82, 2.24) is 5.32 Å². The Morgan fingerprint density at radius 1 is 1.30 bits per heavy atom. The minimum atomic E-state index is -0.287. The molecular weight excluding hydrogens is 342 g/mol. The third kappa shape index (κ3) is 5.96. The van der Waals surface area contributed by atoms with Gasteiger partial charge in [-0.15, -0.1) is 0 Å². The Kier molecular flexibility index (Phi) is 7.66. The van der Waals surface area contributed by atoms with Crippen molar-refractivity contribution in [3.63, 3.8) is 0 Å². The van der Waals surface area contributed by atoms with Gasteiger partial charge < -0.3 is 20.3 Å². The van der Waals surface area contributed by atoms with Crippen LogP contribution in [-0.2, 0) is 9.59 Å². The standard InChI is InChI=1S/C21H33N3O3/c1-14-8-6-11-19(15(14)2)23-21(26)16(3)24(4)13-20(25)22-17-9-7-10-18(12-17)27-5/h7,9-10,12,14-16,19H,6,8,11,13H2,1-5H3,(H,22,25)(H,23,26)/p+1/t14-,15+,16+,19-/m0/s1. The van der Waals surface area contributed by atoms with E-state index >= 15 is 0 Å². The molecule has 1 unspecified atom stereocenters. The second-order valence-corrected chi connectivity index (χ2v) is 7.91. The highest BCUT2D eigenvalue weighted by Gasteiger charge is 2.31. The molecule has 3 N–H and O–H groups in total. The first-order valence-corrected chi connectivity index (χ1v) is 9.88. The van der Waals surface area contributed by atoms with Crippen LogP contribution in [0, 0.1) is 11.8 Å². The van der Waals surface area contributed by atoms with Gasteiger partial charge in [0.25, 0.3) is 11.8 Å². The van der Waals surface area contributed by atoms with Gasteiger partial charge in [-0.2, -0.15) is 0 Å². The second kappa shape index (κ2) is 9.74. The van der Waals surface area contributed by atoms with Crippen LogP contribution in [-0.4, -0.2) is 44.6 Å². The van der Waals surface area contributed by atoms with Crippen LogP contribution >= 0.6 is 0 Å². The SMILES string of the molecule is COc1cccc(NC(=O)C[NH+](C)[C@H](C)C(=O)N[C@H]2CCC[C@H](C)[C@H]2C)c1. The number of nitrogens with one attached hydrogen (secondary N) is 3. The van der Waals surface area contributed by atoms with Crippen LogP contribution in [0.3, 0.4) is 0 Å². The van der Waals surface area contributed by atoms with E-state index in [1.54, 1.807) is 13.2 Å². The molecule has 5 atom stereocenters. The number of anilines is 1. The van der Waals surface area contributed by atoms with Crippen LogP contribution in [0.4, 0.5) is 5.69 Å². The molecule has 27 heavy (non-hydrogen) atoms. The van der Waals surface area contributed by atoms with E-state index in [1.165, 1.54) is 6.42 Å². The van der Waals surface area contributed by atoms with E-state index in [2.05, 4.69) is 24.5 Å². The van der Waals surface area contributed by atoms with Crippen LogP contribution < -0.4 is 20.3 Å². The van der Waals surface area contributed by atoms with Crippen LogP contribution in [0.2, 0.25) is 0 Å². The highest BCUT2D eigenvalue weighted by molar-refractivity contribution is 5.91. The zero-order chi connectivity index (χ0) is 20.0. The molecule has 1 aliphatic rings. The lowest BCUT2D eigenvalue weighted by atomic mass is 9.78. The Morgan fingerprint density at radius 2 is 2.04 bits per heavy atom. The number of quaternary nitrogens is 1. The third-order valence-corrected chi connectivity index (χ3v) is 5.96. The van der Waals surface area contributed by atoms with Crippen molar-refractivity contribution in [2.75, 3.05) is 26.0 Å². The smallest absolute Gasteiger partial charge is 0.279 e. The van der Waals surface area contributed by atoms with Crippen molar-refractivity contribution < 1.29 is 19.2 Å². The summed E-state index contributed by atoms with van der Waals surface area (Å²) in [5.41, 5.74) is 0.689. The summed E-state index contributed by atoms with van der Waals surface area (Å²) >= 11 is 0. The average molecular weight is 377 g/mol. The Balaban J connectivity index is 1.85. The molecule has 2 amide bonds. The van der Waals surface area contributed by atoms with Gasteiger partial charge in [-0.25, -0.2) is 0 Å². The lowest BCUT2D eigenvalue weighted by Gasteiger charge is -2.35. The molecule has 6 heteroatoms. The zero-order valence-corrected chi connectivity index (χ0v) is 17.2. The summed E-state index contributed by atoms with van der Waals surface area (Å²) < 4.78 is 5.17. The largest absolute Gasteiger partial charge is 0.497 e. The minimum Gasteiger partial charge on any atom is -0.497 e. The van der Waals surface area contributed by atoms with Gasteiger partial charge in [-0.3, -0.25) is 9.59 Å². The second-order valence-electron chi connectivity index (χ2n) is 7.91. The summed E-state index contributed by atoms with van der Waals surface area (Å²) in [6.07, 6.45) is 3.44. The van der Waals surface area contributed by atoms with E-state index in [0.29, 0.717) is 23.3 Å². The van der Waals surface area contributed by atoms with E-state index in [9.17, 15) is 9.59 Å². The lowest BCUT2D eigenvalue weighted by Crippen LogP contribution is -3.15. The summed E-state index contributed by atoms with van der Waals surface area (Å²) in [7, 11) is 3.47. The fourth-order valence-corrected chi connectivity index (χ4v) is 3.63. The maximum absolute atomic E-state index is 12.6. The van der Waals surface area contributed by atoms with Crippen molar-refractivity contribution >= 4 is 17.5 Å². The molecule has 2 rings (SSSR count). The van der Waals surface area contributed by atoms with Crippen molar-refractivity contribution in [1.29, 1.82) is 0 Å². The minimum absolute atomic E-state index is 0.0210. The Labute approximate surface area is 162 Å². The van der Waals surface area contributed by atoms with Gasteiger partial charge in [0.05, 0.1) is 14.2 Å². The van der Waals surface area contributed by atoms with Gasteiger partial charge in [0.2, 0.25) is 0 Å². The highest BCUT2D eigenvalue weighted by atomic mass is 16.5. The monoisotopic (exact) mass is 376 g/mol. The quantitative estimate of drug-likeness (QED) is 0.675. The van der Waals surface area contributed by atoms with Gasteiger partial charge in [-0.05, 0) is 37.3 Å². The van der Waals surface area contributed by atoms with E-state index in [0.717, 1.165) is 17.7 Å². The van der Waals surface area contributed by atoms with Crippen LogP contribution in [0.1, 0.15) is 40.0 Å². The summed E-state index contributed by atoms with van der Waals surface area (Å²) in [5, 5.41) is 6.07. The number of ether oxygens (including phenoxy) is 1. The molecule has 1 aliphatic carbocycles. The predicted molar refractivity (Wildman–Crippen MR) is 107 cm³/mol. The summed E-state index contributed by atoms with van der Waals surface area (Å²) in [6.45, 7) is 6.58. The summed E-state index contributed by atoms with van der Waals surface area (Å²) in [4.78, 5) is 25.8.